The van der Waals surface area contributed by atoms with Gasteiger partial charge in [0.05, 0.1) is 0 Å². The van der Waals surface area contributed by atoms with Crippen LogP contribution in [0.2, 0.25) is 0 Å². The summed E-state index contributed by atoms with van der Waals surface area (Å²) >= 11 is 0.802. The van der Waals surface area contributed by atoms with Crippen LogP contribution in [0.4, 0.5) is 0 Å². The zero-order valence-electron chi connectivity index (χ0n) is 4.64. The van der Waals surface area contributed by atoms with Crippen LogP contribution in [0.5, 0.6) is 0 Å². The molecule has 7 heavy (non-hydrogen) atoms. The predicted molar refractivity (Wildman–Crippen MR) is 42.0 cm³/mol. The summed E-state index contributed by atoms with van der Waals surface area (Å²) < 4.78 is 0. The number of hydrogen-bond donors (Lipinski definition) is 0. The Hall–Kier alpha value is 1.22. The van der Waals surface area contributed by atoms with Gasteiger partial charge in [0.2, 0.25) is 0 Å². The van der Waals surface area contributed by atoms with Crippen molar-refractivity contribution in [3.8, 4) is 0 Å². The molecule has 44 valence electrons. The molecular formula is C4H10S2Se. The molecule has 0 unspecified atom stereocenters. The topological polar surface area (TPSA) is 0 Å². The van der Waals surface area contributed by atoms with Gasteiger partial charge < -0.3 is 0 Å². The van der Waals surface area contributed by atoms with Gasteiger partial charge in [-0.3, -0.25) is 0 Å². The van der Waals surface area contributed by atoms with Crippen LogP contribution in [-0.4, -0.2) is 24.7 Å². The molecule has 0 atom stereocenters. The molecule has 0 bridgehead atoms. The molecule has 0 amide bonds. The second-order valence-electron chi connectivity index (χ2n) is 1.06. The van der Waals surface area contributed by atoms with Crippen LogP contribution in [0.25, 0.3) is 0 Å². The van der Waals surface area contributed by atoms with Crippen LogP contribution in [0.1, 0.15) is 13.3 Å². The van der Waals surface area contributed by atoms with Crippen molar-refractivity contribution in [2.24, 2.45) is 0 Å². The Morgan fingerprint density at radius 3 is 2.71 bits per heavy atom. The first-order chi connectivity index (χ1) is 3.41. The van der Waals surface area contributed by atoms with Crippen molar-refractivity contribution in [2.45, 2.75) is 13.3 Å². The maximum atomic E-state index is 2.23. The van der Waals surface area contributed by atoms with E-state index in [9.17, 15) is 0 Å². The van der Waals surface area contributed by atoms with E-state index in [1.165, 1.54) is 12.2 Å². The monoisotopic (exact) mass is 202 g/mol. The first-order valence-corrected chi connectivity index (χ1v) is 8.49. The van der Waals surface area contributed by atoms with Crippen molar-refractivity contribution in [3.05, 3.63) is 0 Å². The molecule has 0 aliphatic rings. The molecular weight excluding hydrogens is 191 g/mol. The van der Waals surface area contributed by atoms with Gasteiger partial charge in [0.15, 0.2) is 0 Å². The zero-order valence-corrected chi connectivity index (χ0v) is 7.99. The average Bonchev–Trinajstić information content (AvgIpc) is 1.69. The summed E-state index contributed by atoms with van der Waals surface area (Å²) in [6.07, 6.45) is 3.50. The van der Waals surface area contributed by atoms with Crippen molar-refractivity contribution >= 4 is 33.1 Å². The fraction of sp³-hybridized carbons (Fsp3) is 1.00. The van der Waals surface area contributed by atoms with E-state index in [1.807, 2.05) is 10.2 Å². The van der Waals surface area contributed by atoms with E-state index in [-0.39, 0.29) is 0 Å². The molecule has 0 saturated carbocycles. The summed E-state index contributed by atoms with van der Waals surface area (Å²) in [6, 6.07) is 0. The van der Waals surface area contributed by atoms with E-state index in [0.29, 0.717) is 0 Å². The van der Waals surface area contributed by atoms with Gasteiger partial charge >= 0.3 is 58.4 Å². The minimum absolute atomic E-state index is 0.802. The molecule has 0 rings (SSSR count). The van der Waals surface area contributed by atoms with Gasteiger partial charge in [-0.05, 0) is 0 Å². The second kappa shape index (κ2) is 7.22. The summed E-state index contributed by atoms with van der Waals surface area (Å²) in [5, 5.41) is 0. The van der Waals surface area contributed by atoms with Gasteiger partial charge in [-0.1, -0.05) is 0 Å². The Labute approximate surface area is 58.5 Å². The van der Waals surface area contributed by atoms with Gasteiger partial charge in [-0.2, -0.15) is 0 Å². The summed E-state index contributed by atoms with van der Waals surface area (Å²) in [7, 11) is 4.05. The van der Waals surface area contributed by atoms with E-state index in [0.717, 1.165) is 12.7 Å². The third-order valence-corrected chi connectivity index (χ3v) is 7.34. The van der Waals surface area contributed by atoms with Gasteiger partial charge in [-0.15, -0.1) is 0 Å². The second-order valence-corrected chi connectivity index (χ2v) is 8.73. The van der Waals surface area contributed by atoms with Crippen molar-refractivity contribution in [3.63, 3.8) is 0 Å². The Morgan fingerprint density at radius 1 is 1.57 bits per heavy atom. The Morgan fingerprint density at radius 2 is 2.29 bits per heavy atom. The van der Waals surface area contributed by atoms with Crippen molar-refractivity contribution in [2.75, 3.05) is 12.0 Å². The normalized spacial score (nSPS) is 9.43. The third kappa shape index (κ3) is 7.22. The fourth-order valence-electron chi connectivity index (χ4n) is 0.165. The summed E-state index contributed by atoms with van der Waals surface area (Å²) in [5.41, 5.74) is 0. The Bertz CT molecular complexity index is 28.9. The van der Waals surface area contributed by atoms with Crippen LogP contribution < -0.4 is 0 Å². The van der Waals surface area contributed by atoms with Gasteiger partial charge in [0, 0.05) is 0 Å². The Balaban J connectivity index is 2.45. The average molecular weight is 201 g/mol. The molecule has 0 aliphatic carbocycles. The van der Waals surface area contributed by atoms with Crippen molar-refractivity contribution in [1.82, 2.24) is 0 Å². The number of hydrogen-bond acceptors (Lipinski definition) is 2. The molecule has 0 aliphatic heterocycles. The van der Waals surface area contributed by atoms with E-state index in [4.69, 9.17) is 0 Å². The van der Waals surface area contributed by atoms with E-state index < -0.39 is 0 Å². The van der Waals surface area contributed by atoms with E-state index in [2.05, 4.69) is 23.4 Å². The molecule has 0 heterocycles. The summed E-state index contributed by atoms with van der Waals surface area (Å²) in [6.45, 7) is 2.23. The molecule has 0 aromatic carbocycles. The molecule has 0 nitrogen and oxygen atoms in total. The fourth-order valence-corrected chi connectivity index (χ4v) is 5.14. The molecule has 0 N–H and O–H groups in total. The first kappa shape index (κ1) is 8.22. The molecule has 0 aromatic heterocycles. The first-order valence-electron chi connectivity index (χ1n) is 2.24. The predicted octanol–water partition coefficient (Wildman–Crippen LogP) is 2.03. The van der Waals surface area contributed by atoms with Crippen molar-refractivity contribution in [1.29, 1.82) is 0 Å². The van der Waals surface area contributed by atoms with E-state index >= 15 is 0 Å². The summed E-state index contributed by atoms with van der Waals surface area (Å²) in [5.74, 6) is 1.35. The maximum absolute atomic E-state index is 2.23. The zero-order chi connectivity index (χ0) is 5.54. The molecule has 0 spiro atoms. The quantitative estimate of drug-likeness (QED) is 0.504. The Kier molecular flexibility index (Phi) is 8.48. The molecule has 0 fully saturated rings. The van der Waals surface area contributed by atoms with Crippen LogP contribution in [-0.2, 0) is 0 Å². The minimum atomic E-state index is 0.802. The van der Waals surface area contributed by atoms with Crippen molar-refractivity contribution < 1.29 is 0 Å². The molecule has 0 radical (unpaired) electrons. The van der Waals surface area contributed by atoms with Gasteiger partial charge in [0.25, 0.3) is 0 Å². The third-order valence-electron chi connectivity index (χ3n) is 0.404. The van der Waals surface area contributed by atoms with Gasteiger partial charge in [-0.25, -0.2) is 0 Å². The summed E-state index contributed by atoms with van der Waals surface area (Å²) in [4.78, 5) is 0. The molecule has 3 heteroatoms. The standard InChI is InChI=1S/C4H10S2Se/c1-3-4-6-7-5-2/h3-4H2,1-2H3. The molecule has 0 saturated heterocycles. The SMILES string of the molecule is CCCS[Se]SC. The van der Waals surface area contributed by atoms with Crippen LogP contribution >= 0.6 is 20.4 Å². The van der Waals surface area contributed by atoms with E-state index in [1.54, 1.807) is 0 Å². The van der Waals surface area contributed by atoms with Crippen LogP contribution in [0.15, 0.2) is 0 Å². The van der Waals surface area contributed by atoms with Crippen LogP contribution in [0.3, 0.4) is 0 Å². The number of rotatable bonds is 4. The van der Waals surface area contributed by atoms with Crippen LogP contribution in [0, 0.1) is 0 Å². The molecule has 0 aromatic rings. The van der Waals surface area contributed by atoms with Gasteiger partial charge in [0.1, 0.15) is 0 Å².